The molecule has 0 amide bonds. The molecule has 82 valence electrons. The van der Waals surface area contributed by atoms with Gasteiger partial charge in [-0.05, 0) is 20.3 Å². The minimum Gasteiger partial charge on any atom is -0.463 e. The van der Waals surface area contributed by atoms with E-state index in [0.29, 0.717) is 19.2 Å². The first kappa shape index (κ1) is 13.2. The smallest absolute Gasteiger partial charge is 0.334 e. The molecule has 0 unspecified atom stereocenters. The van der Waals surface area contributed by atoms with Crippen LogP contribution in [0.5, 0.6) is 0 Å². The largest absolute Gasteiger partial charge is 0.463 e. The molecule has 3 nitrogen and oxygen atoms in total. The van der Waals surface area contributed by atoms with Crippen molar-refractivity contribution in [3.63, 3.8) is 0 Å². The van der Waals surface area contributed by atoms with Gasteiger partial charge in [0.15, 0.2) is 0 Å². The van der Waals surface area contributed by atoms with Gasteiger partial charge in [-0.3, -0.25) is 0 Å². The highest BCUT2D eigenvalue weighted by Crippen LogP contribution is 2.07. The predicted octanol–water partition coefficient (Wildman–Crippen LogP) is 1.88. The molecule has 0 radical (unpaired) electrons. The molecule has 0 saturated carbocycles. The summed E-state index contributed by atoms with van der Waals surface area (Å²) in [5.41, 5.74) is 0.759. The fourth-order valence-corrected chi connectivity index (χ4v) is 1.14. The third-order valence-corrected chi connectivity index (χ3v) is 1.90. The summed E-state index contributed by atoms with van der Waals surface area (Å²) in [4.78, 5) is 11.2. The van der Waals surface area contributed by atoms with E-state index >= 15 is 0 Å². The first-order valence-electron chi connectivity index (χ1n) is 5.33. The number of hydrogen-bond donors (Lipinski definition) is 1. The molecule has 0 aromatic rings. The van der Waals surface area contributed by atoms with E-state index in [-0.39, 0.29) is 5.97 Å². The third-order valence-electron chi connectivity index (χ3n) is 1.90. The maximum Gasteiger partial charge on any atom is 0.334 e. The summed E-state index contributed by atoms with van der Waals surface area (Å²) in [6.45, 7) is 9.00. The first-order valence-corrected chi connectivity index (χ1v) is 5.33. The summed E-state index contributed by atoms with van der Waals surface area (Å²) >= 11 is 0. The van der Waals surface area contributed by atoms with Gasteiger partial charge in [-0.1, -0.05) is 19.9 Å². The Balaban J connectivity index is 0.000000791. The van der Waals surface area contributed by atoms with Crippen molar-refractivity contribution < 1.29 is 9.53 Å². The lowest BCUT2D eigenvalue weighted by Crippen LogP contribution is -2.33. The van der Waals surface area contributed by atoms with Crippen LogP contribution >= 0.6 is 0 Å². The standard InChI is InChI=1S/C9H15NO2.C2H6/c1-3-12-9(11)8-5-4-7(2)10-6-8;1-2/h5,7,10H,3-4,6H2,1-2H3;1-2H3/t7-;/m1./s1. The Labute approximate surface area is 86.5 Å². The topological polar surface area (TPSA) is 38.3 Å². The molecule has 14 heavy (non-hydrogen) atoms. The molecule has 0 aliphatic carbocycles. The second-order valence-electron chi connectivity index (χ2n) is 2.97. The second-order valence-corrected chi connectivity index (χ2v) is 2.97. The fourth-order valence-electron chi connectivity index (χ4n) is 1.14. The average Bonchev–Trinajstić information content (AvgIpc) is 2.22. The number of nitrogens with one attached hydrogen (secondary N) is 1. The van der Waals surface area contributed by atoms with Crippen LogP contribution in [0.4, 0.5) is 0 Å². The Bertz CT molecular complexity index is 199. The lowest BCUT2D eigenvalue weighted by Gasteiger charge is -2.18. The molecule has 1 atom stereocenters. The van der Waals surface area contributed by atoms with Crippen LogP contribution in [0.1, 0.15) is 34.1 Å². The summed E-state index contributed by atoms with van der Waals surface area (Å²) in [7, 11) is 0. The molecule has 0 aromatic heterocycles. The summed E-state index contributed by atoms with van der Waals surface area (Å²) in [5.74, 6) is -0.183. The Morgan fingerprint density at radius 3 is 2.71 bits per heavy atom. The zero-order valence-electron chi connectivity index (χ0n) is 9.59. The van der Waals surface area contributed by atoms with Crippen molar-refractivity contribution in [3.8, 4) is 0 Å². The van der Waals surface area contributed by atoms with Crippen LogP contribution in [-0.2, 0) is 9.53 Å². The summed E-state index contributed by atoms with van der Waals surface area (Å²) in [5, 5.41) is 3.20. The Kier molecular flexibility index (Phi) is 7.11. The van der Waals surface area contributed by atoms with E-state index in [1.807, 2.05) is 26.8 Å². The minimum absolute atomic E-state index is 0.183. The highest BCUT2D eigenvalue weighted by Gasteiger charge is 2.15. The van der Waals surface area contributed by atoms with Gasteiger partial charge in [-0.2, -0.15) is 0 Å². The zero-order chi connectivity index (χ0) is 11.0. The van der Waals surface area contributed by atoms with Crippen LogP contribution < -0.4 is 5.32 Å². The lowest BCUT2D eigenvalue weighted by atomic mass is 10.1. The van der Waals surface area contributed by atoms with Crippen LogP contribution in [0.2, 0.25) is 0 Å². The van der Waals surface area contributed by atoms with E-state index in [4.69, 9.17) is 4.74 Å². The first-order chi connectivity index (χ1) is 6.74. The van der Waals surface area contributed by atoms with Gasteiger partial charge in [0.2, 0.25) is 0 Å². The molecular weight excluding hydrogens is 178 g/mol. The van der Waals surface area contributed by atoms with E-state index in [1.54, 1.807) is 0 Å². The van der Waals surface area contributed by atoms with Crippen molar-refractivity contribution in [2.45, 2.75) is 40.2 Å². The zero-order valence-corrected chi connectivity index (χ0v) is 9.59. The molecule has 1 heterocycles. The molecule has 3 heteroatoms. The Morgan fingerprint density at radius 2 is 2.29 bits per heavy atom. The SMILES string of the molecule is CC.CCOC(=O)C1=CC[C@@H](C)NC1. The van der Waals surface area contributed by atoms with Crippen molar-refractivity contribution in [2.24, 2.45) is 0 Å². The molecule has 1 N–H and O–H groups in total. The highest BCUT2D eigenvalue weighted by molar-refractivity contribution is 5.89. The van der Waals surface area contributed by atoms with Gasteiger partial charge in [-0.25, -0.2) is 4.79 Å². The van der Waals surface area contributed by atoms with Gasteiger partial charge in [0.05, 0.1) is 6.61 Å². The van der Waals surface area contributed by atoms with E-state index in [9.17, 15) is 4.79 Å². The number of rotatable bonds is 2. The molecule has 0 bridgehead atoms. The number of carbonyl (C=O) groups excluding carboxylic acids is 1. The Morgan fingerprint density at radius 1 is 1.64 bits per heavy atom. The third kappa shape index (κ3) is 4.42. The van der Waals surface area contributed by atoms with E-state index in [1.165, 1.54) is 0 Å². The van der Waals surface area contributed by atoms with Crippen molar-refractivity contribution in [1.82, 2.24) is 5.32 Å². The fraction of sp³-hybridized carbons (Fsp3) is 0.727. The highest BCUT2D eigenvalue weighted by atomic mass is 16.5. The van der Waals surface area contributed by atoms with Gasteiger partial charge in [0.25, 0.3) is 0 Å². The van der Waals surface area contributed by atoms with E-state index in [2.05, 4.69) is 12.2 Å². The minimum atomic E-state index is -0.183. The molecule has 1 aliphatic rings. The van der Waals surface area contributed by atoms with Crippen molar-refractivity contribution in [3.05, 3.63) is 11.6 Å². The summed E-state index contributed by atoms with van der Waals surface area (Å²) in [6.07, 6.45) is 2.87. The molecule has 0 fully saturated rings. The van der Waals surface area contributed by atoms with Crippen molar-refractivity contribution >= 4 is 5.97 Å². The van der Waals surface area contributed by atoms with Crippen LogP contribution in [-0.4, -0.2) is 25.2 Å². The number of esters is 1. The van der Waals surface area contributed by atoms with E-state index < -0.39 is 0 Å². The van der Waals surface area contributed by atoms with Gasteiger partial charge in [0.1, 0.15) is 0 Å². The maximum absolute atomic E-state index is 11.2. The average molecular weight is 199 g/mol. The summed E-state index contributed by atoms with van der Waals surface area (Å²) in [6, 6.07) is 0.475. The van der Waals surface area contributed by atoms with E-state index in [0.717, 1.165) is 12.0 Å². The molecule has 0 spiro atoms. The van der Waals surface area contributed by atoms with Crippen LogP contribution in [0.25, 0.3) is 0 Å². The molecule has 1 rings (SSSR count). The van der Waals surface area contributed by atoms with Gasteiger partial charge in [0, 0.05) is 18.2 Å². The molecule has 0 saturated heterocycles. The maximum atomic E-state index is 11.2. The molecule has 0 aromatic carbocycles. The predicted molar refractivity (Wildman–Crippen MR) is 58.1 cm³/mol. The van der Waals surface area contributed by atoms with Crippen molar-refractivity contribution in [1.29, 1.82) is 0 Å². The monoisotopic (exact) mass is 199 g/mol. The van der Waals surface area contributed by atoms with Crippen LogP contribution in [0.3, 0.4) is 0 Å². The number of carbonyl (C=O) groups is 1. The molecular formula is C11H21NO2. The van der Waals surface area contributed by atoms with Gasteiger partial charge < -0.3 is 10.1 Å². The molecule has 1 aliphatic heterocycles. The quantitative estimate of drug-likeness (QED) is 0.690. The van der Waals surface area contributed by atoms with Crippen molar-refractivity contribution in [2.75, 3.05) is 13.2 Å². The Hall–Kier alpha value is -0.830. The lowest BCUT2D eigenvalue weighted by molar-refractivity contribution is -0.138. The normalized spacial score (nSPS) is 20.3. The van der Waals surface area contributed by atoms with Gasteiger partial charge in [-0.15, -0.1) is 0 Å². The second kappa shape index (κ2) is 7.56. The number of hydrogen-bond acceptors (Lipinski definition) is 3. The van der Waals surface area contributed by atoms with Gasteiger partial charge >= 0.3 is 5.97 Å². The number of ether oxygens (including phenoxy) is 1. The van der Waals surface area contributed by atoms with Crippen LogP contribution in [0, 0.1) is 0 Å². The summed E-state index contributed by atoms with van der Waals surface area (Å²) < 4.78 is 4.87. The van der Waals surface area contributed by atoms with Crippen LogP contribution in [0.15, 0.2) is 11.6 Å².